The van der Waals surface area contributed by atoms with Crippen LogP contribution in [0.25, 0.3) is 6.08 Å². The van der Waals surface area contributed by atoms with E-state index >= 15 is 0 Å². The Morgan fingerprint density at radius 1 is 0.818 bits per heavy atom. The van der Waals surface area contributed by atoms with Crippen LogP contribution in [0.5, 0.6) is 0 Å². The molecule has 2 aliphatic heterocycles. The molecule has 5 rings (SSSR count). The number of amidine groups is 1. The fourth-order valence-electron chi connectivity index (χ4n) is 4.32. The molecular weight excluding hydrogens is 494 g/mol. The summed E-state index contributed by atoms with van der Waals surface area (Å²) in [5.74, 6) is -0.153. The van der Waals surface area contributed by atoms with Crippen molar-refractivity contribution in [1.82, 2.24) is 9.80 Å². The maximum Gasteiger partial charge on any atom is 0.286 e. The van der Waals surface area contributed by atoms with Crippen molar-refractivity contribution in [2.45, 2.75) is 6.04 Å². The Kier molecular flexibility index (Phi) is 6.76. The van der Waals surface area contributed by atoms with Gasteiger partial charge in [-0.1, -0.05) is 94.8 Å². The lowest BCUT2D eigenvalue weighted by Crippen LogP contribution is -2.49. The van der Waals surface area contributed by atoms with Gasteiger partial charge in [-0.2, -0.15) is 4.99 Å². The first-order valence-electron chi connectivity index (χ1n) is 11.0. The van der Waals surface area contributed by atoms with Gasteiger partial charge in [-0.05, 0) is 40.6 Å². The van der Waals surface area contributed by atoms with Crippen LogP contribution in [0.15, 0.2) is 99.3 Å². The number of thioether (sulfide) groups is 1. The molecule has 0 bridgehead atoms. The van der Waals surface area contributed by atoms with Gasteiger partial charge in [-0.15, -0.1) is 0 Å². The molecule has 0 saturated carbocycles. The van der Waals surface area contributed by atoms with E-state index in [4.69, 9.17) is 0 Å². The van der Waals surface area contributed by atoms with Crippen LogP contribution in [0.4, 0.5) is 0 Å². The van der Waals surface area contributed by atoms with Gasteiger partial charge >= 0.3 is 0 Å². The number of amides is 1. The van der Waals surface area contributed by atoms with Gasteiger partial charge in [0.2, 0.25) is 0 Å². The zero-order chi connectivity index (χ0) is 22.6. The predicted octanol–water partition coefficient (Wildman–Crippen LogP) is 5.83. The summed E-state index contributed by atoms with van der Waals surface area (Å²) < 4.78 is 0.973. The zero-order valence-electron chi connectivity index (χ0n) is 18.1. The Morgan fingerprint density at radius 2 is 1.39 bits per heavy atom. The van der Waals surface area contributed by atoms with Crippen molar-refractivity contribution in [2.75, 3.05) is 26.2 Å². The molecule has 4 nitrogen and oxygen atoms in total. The number of aliphatic imine (C=N–C) groups is 1. The van der Waals surface area contributed by atoms with Crippen molar-refractivity contribution < 1.29 is 4.79 Å². The van der Waals surface area contributed by atoms with Gasteiger partial charge in [0.25, 0.3) is 5.91 Å². The molecule has 3 aromatic carbocycles. The minimum Gasteiger partial charge on any atom is -0.348 e. The van der Waals surface area contributed by atoms with E-state index in [0.717, 1.165) is 41.4 Å². The highest BCUT2D eigenvalue weighted by Crippen LogP contribution is 2.34. The Labute approximate surface area is 207 Å². The van der Waals surface area contributed by atoms with E-state index in [1.165, 1.54) is 22.9 Å². The van der Waals surface area contributed by atoms with Gasteiger partial charge in [0, 0.05) is 30.7 Å². The van der Waals surface area contributed by atoms with Crippen molar-refractivity contribution in [3.63, 3.8) is 0 Å². The third-order valence-corrected chi connectivity index (χ3v) is 7.75. The van der Waals surface area contributed by atoms with Crippen LogP contribution in [0.3, 0.4) is 0 Å². The third kappa shape index (κ3) is 4.98. The number of carbonyl (C=O) groups is 1. The Balaban J connectivity index is 1.29. The molecule has 0 radical (unpaired) electrons. The second kappa shape index (κ2) is 10.1. The van der Waals surface area contributed by atoms with E-state index in [2.05, 4.69) is 91.4 Å². The zero-order valence-corrected chi connectivity index (χ0v) is 20.5. The molecule has 2 heterocycles. The fraction of sp³-hybridized carbons (Fsp3) is 0.185. The Morgan fingerprint density at radius 3 is 2.00 bits per heavy atom. The number of halogens is 1. The maximum absolute atomic E-state index is 12.6. The minimum absolute atomic E-state index is 0.153. The molecule has 0 spiro atoms. The molecule has 6 heteroatoms. The van der Waals surface area contributed by atoms with E-state index < -0.39 is 0 Å². The van der Waals surface area contributed by atoms with Gasteiger partial charge in [0.15, 0.2) is 5.17 Å². The molecule has 0 aliphatic carbocycles. The number of hydrogen-bond acceptors (Lipinski definition) is 4. The predicted molar refractivity (Wildman–Crippen MR) is 140 cm³/mol. The van der Waals surface area contributed by atoms with Crippen LogP contribution in [0.1, 0.15) is 22.7 Å². The lowest BCUT2D eigenvalue weighted by molar-refractivity contribution is -0.113. The molecule has 3 aromatic rings. The summed E-state index contributed by atoms with van der Waals surface area (Å²) in [7, 11) is 0. The number of carbonyl (C=O) groups excluding carboxylic acids is 1. The second-order valence-corrected chi connectivity index (χ2v) is 9.94. The Bertz CT molecular complexity index is 1150. The van der Waals surface area contributed by atoms with Crippen molar-refractivity contribution >= 4 is 44.8 Å². The average molecular weight is 518 g/mol. The quantitative estimate of drug-likeness (QED) is 0.408. The largest absolute Gasteiger partial charge is 0.348 e. The van der Waals surface area contributed by atoms with Gasteiger partial charge in [0.1, 0.15) is 0 Å². The van der Waals surface area contributed by atoms with Crippen molar-refractivity contribution in [2.24, 2.45) is 4.99 Å². The molecule has 1 amide bonds. The molecule has 0 aromatic heterocycles. The van der Waals surface area contributed by atoms with E-state index in [1.807, 2.05) is 30.3 Å². The molecular formula is C27H24BrN3OS. The van der Waals surface area contributed by atoms with E-state index in [1.54, 1.807) is 0 Å². The normalized spacial score (nSPS) is 18.2. The van der Waals surface area contributed by atoms with Gasteiger partial charge in [0.05, 0.1) is 10.9 Å². The topological polar surface area (TPSA) is 35.9 Å². The van der Waals surface area contributed by atoms with E-state index in [-0.39, 0.29) is 11.9 Å². The van der Waals surface area contributed by atoms with Crippen molar-refractivity contribution in [1.29, 1.82) is 0 Å². The van der Waals surface area contributed by atoms with Gasteiger partial charge in [-0.3, -0.25) is 9.69 Å². The van der Waals surface area contributed by atoms with E-state index in [9.17, 15) is 4.79 Å². The monoisotopic (exact) mass is 517 g/mol. The van der Waals surface area contributed by atoms with Crippen LogP contribution in [0, 0.1) is 0 Å². The number of hydrogen-bond donors (Lipinski definition) is 0. The summed E-state index contributed by atoms with van der Waals surface area (Å²) in [5, 5.41) is 0.814. The van der Waals surface area contributed by atoms with Crippen molar-refractivity contribution in [3.05, 3.63) is 111 Å². The summed E-state index contributed by atoms with van der Waals surface area (Å²) in [6, 6.07) is 29.5. The summed E-state index contributed by atoms with van der Waals surface area (Å²) in [6.07, 6.45) is 1.92. The summed E-state index contributed by atoms with van der Waals surface area (Å²) in [4.78, 5) is 22.4. The SMILES string of the molecule is O=C1N=C(N2CCN(C(c3ccccc3)c3ccccc3)CC2)SC1=Cc1ccccc1Br. The summed E-state index contributed by atoms with van der Waals surface area (Å²) in [6.45, 7) is 3.51. The maximum atomic E-state index is 12.6. The first kappa shape index (κ1) is 22.1. The highest BCUT2D eigenvalue weighted by molar-refractivity contribution is 9.10. The van der Waals surface area contributed by atoms with Gasteiger partial charge in [-0.25, -0.2) is 0 Å². The standard InChI is InChI=1S/C27H24BrN3OS/c28-23-14-8-7-13-22(23)19-24-26(32)29-27(33-24)31-17-15-30(16-18-31)25(20-9-3-1-4-10-20)21-11-5-2-6-12-21/h1-14,19,25H,15-18H2. The smallest absolute Gasteiger partial charge is 0.286 e. The molecule has 1 saturated heterocycles. The molecule has 166 valence electrons. The molecule has 0 atom stereocenters. The number of rotatable bonds is 4. The summed E-state index contributed by atoms with van der Waals surface area (Å²) in [5.41, 5.74) is 3.60. The number of piperazine rings is 1. The third-order valence-electron chi connectivity index (χ3n) is 5.98. The first-order valence-corrected chi connectivity index (χ1v) is 12.7. The first-order chi connectivity index (χ1) is 16.2. The van der Waals surface area contributed by atoms with Crippen LogP contribution in [-0.4, -0.2) is 47.1 Å². The second-order valence-electron chi connectivity index (χ2n) is 8.08. The fourth-order valence-corrected chi connectivity index (χ4v) is 5.68. The van der Waals surface area contributed by atoms with Crippen LogP contribution in [0.2, 0.25) is 0 Å². The lowest BCUT2D eigenvalue weighted by atomic mass is 9.96. The average Bonchev–Trinajstić information content (AvgIpc) is 3.23. The highest BCUT2D eigenvalue weighted by atomic mass is 79.9. The van der Waals surface area contributed by atoms with Crippen LogP contribution >= 0.6 is 27.7 Å². The molecule has 0 unspecified atom stereocenters. The highest BCUT2D eigenvalue weighted by Gasteiger charge is 2.31. The van der Waals surface area contributed by atoms with Crippen LogP contribution in [-0.2, 0) is 4.79 Å². The molecule has 1 fully saturated rings. The number of benzene rings is 3. The molecule has 0 N–H and O–H groups in total. The van der Waals surface area contributed by atoms with Gasteiger partial charge < -0.3 is 4.90 Å². The number of nitrogens with zero attached hydrogens (tertiary/aromatic N) is 3. The molecule has 2 aliphatic rings. The van der Waals surface area contributed by atoms with E-state index in [0.29, 0.717) is 4.91 Å². The molecule has 33 heavy (non-hydrogen) atoms. The minimum atomic E-state index is -0.153. The summed E-state index contributed by atoms with van der Waals surface area (Å²) >= 11 is 5.03. The Hall–Kier alpha value is -2.67. The lowest BCUT2D eigenvalue weighted by Gasteiger charge is -2.40. The van der Waals surface area contributed by atoms with Crippen LogP contribution < -0.4 is 0 Å². The van der Waals surface area contributed by atoms with Crippen molar-refractivity contribution in [3.8, 4) is 0 Å².